The quantitative estimate of drug-likeness (QED) is 0.175. The number of hydrogen-bond donors (Lipinski definition) is 0. The van der Waals surface area contributed by atoms with Gasteiger partial charge in [0.1, 0.15) is 23.0 Å². The smallest absolute Gasteiger partial charge is 0.225 e. The van der Waals surface area contributed by atoms with Crippen LogP contribution in [-0.4, -0.2) is 5.90 Å². The van der Waals surface area contributed by atoms with Crippen LogP contribution in [0.2, 0.25) is 0 Å². The Hall–Kier alpha value is -4.31. The summed E-state index contributed by atoms with van der Waals surface area (Å²) in [5, 5.41) is 0. The molecule has 0 saturated heterocycles. The molecule has 0 unspecified atom stereocenters. The van der Waals surface area contributed by atoms with Crippen molar-refractivity contribution in [2.24, 2.45) is 4.99 Å². The predicted molar refractivity (Wildman–Crippen MR) is 128 cm³/mol. The highest BCUT2D eigenvalue weighted by Crippen LogP contribution is 2.24. The SMILES string of the molecule is CC(=COc1ccc(Oc2ccccc2)cc1)/C(=N\c1ccccc1)Oc1ccccc1. The Kier molecular flexibility index (Phi) is 6.96. The molecular weight excluding hydrogens is 398 g/mol. The average Bonchev–Trinajstić information content (AvgIpc) is 2.85. The number of ether oxygens (including phenoxy) is 3. The minimum atomic E-state index is 0.464. The number of rotatable bonds is 7. The maximum absolute atomic E-state index is 6.04. The lowest BCUT2D eigenvalue weighted by Crippen LogP contribution is -2.10. The molecule has 0 amide bonds. The fourth-order valence-corrected chi connectivity index (χ4v) is 2.83. The Bertz CT molecular complexity index is 1170. The Morgan fingerprint density at radius 2 is 1.09 bits per heavy atom. The van der Waals surface area contributed by atoms with Crippen LogP contribution in [0.3, 0.4) is 0 Å². The van der Waals surface area contributed by atoms with Gasteiger partial charge >= 0.3 is 0 Å². The summed E-state index contributed by atoms with van der Waals surface area (Å²) in [5.41, 5.74) is 1.55. The summed E-state index contributed by atoms with van der Waals surface area (Å²) >= 11 is 0. The number of para-hydroxylation sites is 3. The summed E-state index contributed by atoms with van der Waals surface area (Å²) in [6.07, 6.45) is 1.64. The van der Waals surface area contributed by atoms with Crippen LogP contribution in [0.25, 0.3) is 0 Å². The third-order valence-electron chi connectivity index (χ3n) is 4.46. The lowest BCUT2D eigenvalue weighted by atomic mass is 10.3. The van der Waals surface area contributed by atoms with E-state index in [1.54, 1.807) is 6.26 Å². The van der Waals surface area contributed by atoms with Crippen LogP contribution in [0, 0.1) is 0 Å². The third kappa shape index (κ3) is 6.09. The van der Waals surface area contributed by atoms with Gasteiger partial charge in [-0.05, 0) is 67.6 Å². The van der Waals surface area contributed by atoms with Gasteiger partial charge < -0.3 is 14.2 Å². The van der Waals surface area contributed by atoms with Crippen LogP contribution < -0.4 is 14.2 Å². The molecule has 0 aromatic heterocycles. The second-order valence-electron chi connectivity index (χ2n) is 6.97. The monoisotopic (exact) mass is 421 g/mol. The molecule has 0 aliphatic carbocycles. The van der Waals surface area contributed by atoms with Gasteiger partial charge in [0.15, 0.2) is 0 Å². The van der Waals surface area contributed by atoms with Gasteiger partial charge in [-0.1, -0.05) is 54.6 Å². The van der Waals surface area contributed by atoms with Gasteiger partial charge in [-0.25, -0.2) is 4.99 Å². The molecule has 0 aliphatic heterocycles. The van der Waals surface area contributed by atoms with E-state index in [-0.39, 0.29) is 0 Å². The van der Waals surface area contributed by atoms with Crippen molar-refractivity contribution in [3.63, 3.8) is 0 Å². The zero-order valence-corrected chi connectivity index (χ0v) is 17.7. The third-order valence-corrected chi connectivity index (χ3v) is 4.46. The van der Waals surface area contributed by atoms with Crippen molar-refractivity contribution in [1.82, 2.24) is 0 Å². The van der Waals surface area contributed by atoms with Gasteiger partial charge in [0, 0.05) is 5.57 Å². The molecule has 4 heteroatoms. The number of hydrogen-bond acceptors (Lipinski definition) is 4. The fourth-order valence-electron chi connectivity index (χ4n) is 2.83. The average molecular weight is 421 g/mol. The van der Waals surface area contributed by atoms with E-state index in [9.17, 15) is 0 Å². The molecule has 32 heavy (non-hydrogen) atoms. The lowest BCUT2D eigenvalue weighted by molar-refractivity contribution is 0.464. The zero-order chi connectivity index (χ0) is 22.0. The molecule has 0 heterocycles. The maximum Gasteiger partial charge on any atom is 0.225 e. The second kappa shape index (κ2) is 10.6. The number of benzene rings is 4. The molecule has 0 bridgehead atoms. The predicted octanol–water partition coefficient (Wildman–Crippen LogP) is 7.57. The summed E-state index contributed by atoms with van der Waals surface area (Å²) in [6, 6.07) is 36.3. The first kappa shape index (κ1) is 20.9. The maximum atomic E-state index is 6.04. The number of aliphatic imine (C=N–C) groups is 1. The van der Waals surface area contributed by atoms with E-state index in [1.807, 2.05) is 122 Å². The van der Waals surface area contributed by atoms with Crippen LogP contribution in [0.15, 0.2) is 132 Å². The van der Waals surface area contributed by atoms with Gasteiger partial charge in [0.05, 0.1) is 11.9 Å². The summed E-state index contributed by atoms with van der Waals surface area (Å²) in [4.78, 5) is 4.65. The van der Waals surface area contributed by atoms with Gasteiger partial charge in [-0.15, -0.1) is 0 Å². The van der Waals surface area contributed by atoms with Gasteiger partial charge in [0.2, 0.25) is 5.90 Å². The molecule has 0 radical (unpaired) electrons. The van der Waals surface area contributed by atoms with Crippen LogP contribution in [0.4, 0.5) is 5.69 Å². The van der Waals surface area contributed by atoms with E-state index in [0.29, 0.717) is 17.4 Å². The minimum Gasteiger partial charge on any atom is -0.465 e. The summed E-state index contributed by atoms with van der Waals surface area (Å²) in [6.45, 7) is 1.90. The molecule has 4 rings (SSSR count). The van der Waals surface area contributed by atoms with Crippen molar-refractivity contribution >= 4 is 11.6 Å². The van der Waals surface area contributed by atoms with Crippen molar-refractivity contribution < 1.29 is 14.2 Å². The van der Waals surface area contributed by atoms with Crippen LogP contribution in [0.1, 0.15) is 6.92 Å². The van der Waals surface area contributed by atoms with E-state index in [1.165, 1.54) is 0 Å². The first-order chi connectivity index (χ1) is 15.8. The highest BCUT2D eigenvalue weighted by molar-refractivity contribution is 5.96. The highest BCUT2D eigenvalue weighted by atomic mass is 16.5. The molecule has 0 atom stereocenters. The van der Waals surface area contributed by atoms with Gasteiger partial charge in [-0.2, -0.15) is 0 Å². The Morgan fingerprint density at radius 3 is 1.72 bits per heavy atom. The summed E-state index contributed by atoms with van der Waals surface area (Å²) in [5.74, 6) is 3.38. The number of nitrogens with zero attached hydrogens (tertiary/aromatic N) is 1. The van der Waals surface area contributed by atoms with Gasteiger partial charge in [-0.3, -0.25) is 0 Å². The van der Waals surface area contributed by atoms with Crippen molar-refractivity contribution in [3.8, 4) is 23.0 Å². The largest absolute Gasteiger partial charge is 0.465 e. The molecule has 158 valence electrons. The molecular formula is C28H23NO3. The highest BCUT2D eigenvalue weighted by Gasteiger charge is 2.08. The summed E-state index contributed by atoms with van der Waals surface area (Å²) < 4.78 is 17.7. The Labute approximate surface area is 188 Å². The van der Waals surface area contributed by atoms with Crippen molar-refractivity contribution in [2.45, 2.75) is 6.92 Å². The zero-order valence-electron chi connectivity index (χ0n) is 17.7. The summed E-state index contributed by atoms with van der Waals surface area (Å²) in [7, 11) is 0. The lowest BCUT2D eigenvalue weighted by Gasteiger charge is -2.10. The first-order valence-corrected chi connectivity index (χ1v) is 10.3. The fraction of sp³-hybridized carbons (Fsp3) is 0.0357. The van der Waals surface area contributed by atoms with Crippen LogP contribution in [-0.2, 0) is 0 Å². The molecule has 4 aromatic rings. The molecule has 4 nitrogen and oxygen atoms in total. The van der Waals surface area contributed by atoms with Crippen molar-refractivity contribution in [2.75, 3.05) is 0 Å². The minimum absolute atomic E-state index is 0.464. The second-order valence-corrected chi connectivity index (χ2v) is 6.97. The first-order valence-electron chi connectivity index (χ1n) is 10.3. The Morgan fingerprint density at radius 1 is 0.594 bits per heavy atom. The van der Waals surface area contributed by atoms with Crippen molar-refractivity contribution in [1.29, 1.82) is 0 Å². The van der Waals surface area contributed by atoms with E-state index in [0.717, 1.165) is 22.8 Å². The topological polar surface area (TPSA) is 40.0 Å². The van der Waals surface area contributed by atoms with E-state index >= 15 is 0 Å². The molecule has 4 aromatic carbocycles. The molecule has 0 N–H and O–H groups in total. The standard InChI is InChI=1S/C28H23NO3/c1-22(21-30-24-17-19-27(20-18-24)31-25-13-7-3-8-14-25)28(29-23-11-5-2-6-12-23)32-26-15-9-4-10-16-26/h2-21H,1H3/b22-21?,29-28+. The van der Waals surface area contributed by atoms with E-state index in [2.05, 4.69) is 4.99 Å². The molecule has 0 aliphatic rings. The molecule has 0 spiro atoms. The van der Waals surface area contributed by atoms with E-state index < -0.39 is 0 Å². The van der Waals surface area contributed by atoms with Crippen LogP contribution in [0.5, 0.6) is 23.0 Å². The van der Waals surface area contributed by atoms with E-state index in [4.69, 9.17) is 14.2 Å². The van der Waals surface area contributed by atoms with Gasteiger partial charge in [0.25, 0.3) is 0 Å². The molecule has 0 saturated carbocycles. The van der Waals surface area contributed by atoms with Crippen LogP contribution >= 0.6 is 0 Å². The Balaban J connectivity index is 1.48. The normalized spacial score (nSPS) is 11.7. The molecule has 0 fully saturated rings. The van der Waals surface area contributed by atoms with Crippen molar-refractivity contribution in [3.05, 3.63) is 127 Å².